The molecule has 0 unspecified atom stereocenters. The lowest BCUT2D eigenvalue weighted by Crippen LogP contribution is -2.41. The van der Waals surface area contributed by atoms with Crippen LogP contribution in [0.1, 0.15) is 43.7 Å². The van der Waals surface area contributed by atoms with Gasteiger partial charge < -0.3 is 10.2 Å². The Morgan fingerprint density at radius 2 is 1.89 bits per heavy atom. The second-order valence-electron chi connectivity index (χ2n) is 7.48. The van der Waals surface area contributed by atoms with Gasteiger partial charge in [-0.15, -0.1) is 12.4 Å². The Morgan fingerprint density at radius 1 is 1.19 bits per heavy atom. The summed E-state index contributed by atoms with van der Waals surface area (Å²) in [5.74, 6) is 0.493. The molecule has 1 fully saturated rings. The van der Waals surface area contributed by atoms with Gasteiger partial charge in [0.05, 0.1) is 10.6 Å². The second kappa shape index (κ2) is 9.89. The van der Waals surface area contributed by atoms with Crippen LogP contribution in [0.2, 0.25) is 0 Å². The van der Waals surface area contributed by atoms with Crippen molar-refractivity contribution in [3.8, 4) is 0 Å². The summed E-state index contributed by atoms with van der Waals surface area (Å²) >= 11 is 0. The van der Waals surface area contributed by atoms with Crippen molar-refractivity contribution in [2.45, 2.75) is 50.3 Å². The lowest BCUT2D eigenvalue weighted by molar-refractivity contribution is -0.132. The van der Waals surface area contributed by atoms with Crippen LogP contribution in [0.15, 0.2) is 23.1 Å². The molecule has 1 amide bonds. The number of nitrogens with zero attached hydrogens (tertiary/aromatic N) is 1. The van der Waals surface area contributed by atoms with Gasteiger partial charge in [-0.3, -0.25) is 4.79 Å². The van der Waals surface area contributed by atoms with Crippen LogP contribution in [0.4, 0.5) is 0 Å². The summed E-state index contributed by atoms with van der Waals surface area (Å²) in [5.41, 5.74) is 2.42. The Hall–Kier alpha value is -1.11. The number of fused-ring (bicyclic) bond motifs is 1. The molecule has 5 nitrogen and oxygen atoms in total. The van der Waals surface area contributed by atoms with Gasteiger partial charge >= 0.3 is 0 Å². The normalized spacial score (nSPS) is 17.4. The summed E-state index contributed by atoms with van der Waals surface area (Å²) in [5, 5.41) is 3.36. The molecule has 0 spiro atoms. The number of piperidine rings is 1. The third kappa shape index (κ3) is 5.69. The highest BCUT2D eigenvalue weighted by Gasteiger charge is 2.25. The SMILES string of the molecule is CCNCC1CCN(C(=O)CCS(=O)(=O)c2ccc3c(c2)CCC3)CC1.Cl. The fourth-order valence-electron chi connectivity index (χ4n) is 3.97. The van der Waals surface area contributed by atoms with E-state index in [4.69, 9.17) is 0 Å². The fourth-order valence-corrected chi connectivity index (χ4v) is 5.25. The molecule has 1 aliphatic heterocycles. The van der Waals surface area contributed by atoms with Crippen LogP contribution in [-0.2, 0) is 27.5 Å². The molecule has 152 valence electrons. The zero-order chi connectivity index (χ0) is 18.6. The van der Waals surface area contributed by atoms with Crippen LogP contribution >= 0.6 is 12.4 Å². The summed E-state index contributed by atoms with van der Waals surface area (Å²) in [4.78, 5) is 14.6. The van der Waals surface area contributed by atoms with Crippen molar-refractivity contribution in [2.24, 2.45) is 5.92 Å². The van der Waals surface area contributed by atoms with Crippen LogP contribution in [0.25, 0.3) is 0 Å². The fraction of sp³-hybridized carbons (Fsp3) is 0.650. The number of benzene rings is 1. The molecule has 0 saturated carbocycles. The highest BCUT2D eigenvalue weighted by Crippen LogP contribution is 2.25. The molecular formula is C20H31ClN2O3S. The van der Waals surface area contributed by atoms with Gasteiger partial charge in [-0.05, 0) is 74.4 Å². The van der Waals surface area contributed by atoms with E-state index in [2.05, 4.69) is 12.2 Å². The number of hydrogen-bond acceptors (Lipinski definition) is 4. The summed E-state index contributed by atoms with van der Waals surface area (Å²) in [6.45, 7) is 5.56. The maximum atomic E-state index is 12.6. The van der Waals surface area contributed by atoms with E-state index in [1.54, 1.807) is 6.07 Å². The highest BCUT2D eigenvalue weighted by atomic mass is 35.5. The molecule has 2 aliphatic rings. The number of amides is 1. The van der Waals surface area contributed by atoms with Gasteiger partial charge in [0.2, 0.25) is 5.91 Å². The standard InChI is InChI=1S/C20H30N2O3S.ClH/c1-2-21-15-16-8-11-22(12-9-16)20(23)10-13-26(24,25)19-7-6-17-4-3-5-18(17)14-19;/h6-7,14,16,21H,2-5,8-13,15H2,1H3;1H. The van der Waals surface area contributed by atoms with Gasteiger partial charge in [-0.2, -0.15) is 0 Å². The number of aryl methyl sites for hydroxylation is 2. The molecule has 0 radical (unpaired) electrons. The molecule has 1 N–H and O–H groups in total. The largest absolute Gasteiger partial charge is 0.343 e. The molecule has 3 rings (SSSR count). The van der Waals surface area contributed by atoms with Crippen molar-refractivity contribution in [1.82, 2.24) is 10.2 Å². The third-order valence-electron chi connectivity index (χ3n) is 5.66. The zero-order valence-corrected chi connectivity index (χ0v) is 17.7. The minimum atomic E-state index is -3.40. The van der Waals surface area contributed by atoms with E-state index in [1.807, 2.05) is 17.0 Å². The predicted molar refractivity (Wildman–Crippen MR) is 110 cm³/mol. The lowest BCUT2D eigenvalue weighted by atomic mass is 9.96. The van der Waals surface area contributed by atoms with Crippen LogP contribution in [0.3, 0.4) is 0 Å². The van der Waals surface area contributed by atoms with E-state index >= 15 is 0 Å². The average Bonchev–Trinajstić information content (AvgIpc) is 3.13. The Bertz CT molecular complexity index is 744. The van der Waals surface area contributed by atoms with Crippen molar-refractivity contribution >= 4 is 28.2 Å². The average molecular weight is 415 g/mol. The van der Waals surface area contributed by atoms with E-state index in [9.17, 15) is 13.2 Å². The van der Waals surface area contributed by atoms with Crippen molar-refractivity contribution in [3.63, 3.8) is 0 Å². The first-order valence-electron chi connectivity index (χ1n) is 9.82. The molecule has 7 heteroatoms. The van der Waals surface area contributed by atoms with E-state index in [1.165, 1.54) is 5.56 Å². The van der Waals surface area contributed by atoms with Crippen molar-refractivity contribution < 1.29 is 13.2 Å². The predicted octanol–water partition coefficient (Wildman–Crippen LogP) is 2.61. The Labute approximate surface area is 169 Å². The molecule has 1 aliphatic carbocycles. The monoisotopic (exact) mass is 414 g/mol. The third-order valence-corrected chi connectivity index (χ3v) is 7.38. The Balaban J connectivity index is 0.00000261. The molecule has 1 aromatic rings. The molecule has 1 heterocycles. The van der Waals surface area contributed by atoms with Crippen LogP contribution in [0.5, 0.6) is 0 Å². The Kier molecular flexibility index (Phi) is 8.13. The van der Waals surface area contributed by atoms with Crippen molar-refractivity contribution in [2.75, 3.05) is 31.9 Å². The molecule has 0 atom stereocenters. The van der Waals surface area contributed by atoms with Crippen LogP contribution in [-0.4, -0.2) is 51.2 Å². The minimum absolute atomic E-state index is 0. The quantitative estimate of drug-likeness (QED) is 0.744. The molecule has 1 saturated heterocycles. The maximum Gasteiger partial charge on any atom is 0.223 e. The number of sulfone groups is 1. The van der Waals surface area contributed by atoms with Gasteiger partial charge in [-0.25, -0.2) is 8.42 Å². The summed E-state index contributed by atoms with van der Waals surface area (Å²) in [6, 6.07) is 5.46. The maximum absolute atomic E-state index is 12.6. The van der Waals surface area contributed by atoms with Gasteiger partial charge in [0.25, 0.3) is 0 Å². The van der Waals surface area contributed by atoms with Crippen LogP contribution < -0.4 is 5.32 Å². The van der Waals surface area contributed by atoms with Crippen molar-refractivity contribution in [3.05, 3.63) is 29.3 Å². The second-order valence-corrected chi connectivity index (χ2v) is 9.59. The highest BCUT2D eigenvalue weighted by molar-refractivity contribution is 7.91. The number of likely N-dealkylation sites (tertiary alicyclic amines) is 1. The smallest absolute Gasteiger partial charge is 0.223 e. The van der Waals surface area contributed by atoms with Gasteiger partial charge in [0, 0.05) is 19.5 Å². The summed E-state index contributed by atoms with van der Waals surface area (Å²) < 4.78 is 25.2. The number of nitrogens with one attached hydrogen (secondary N) is 1. The zero-order valence-electron chi connectivity index (χ0n) is 16.1. The van der Waals surface area contributed by atoms with E-state index in [0.29, 0.717) is 10.8 Å². The van der Waals surface area contributed by atoms with E-state index in [-0.39, 0.29) is 30.5 Å². The molecule has 1 aromatic carbocycles. The van der Waals surface area contributed by atoms with E-state index in [0.717, 1.165) is 63.8 Å². The molecule has 0 bridgehead atoms. The number of carbonyl (C=O) groups excluding carboxylic acids is 1. The van der Waals surface area contributed by atoms with Crippen molar-refractivity contribution in [1.29, 1.82) is 0 Å². The lowest BCUT2D eigenvalue weighted by Gasteiger charge is -2.32. The summed E-state index contributed by atoms with van der Waals surface area (Å²) in [6.07, 6.45) is 5.17. The topological polar surface area (TPSA) is 66.5 Å². The number of hydrogen-bond donors (Lipinski definition) is 1. The number of rotatable bonds is 7. The minimum Gasteiger partial charge on any atom is -0.343 e. The van der Waals surface area contributed by atoms with Crippen LogP contribution in [0, 0.1) is 5.92 Å². The van der Waals surface area contributed by atoms with Gasteiger partial charge in [0.15, 0.2) is 9.84 Å². The van der Waals surface area contributed by atoms with E-state index < -0.39 is 9.84 Å². The molecular weight excluding hydrogens is 384 g/mol. The van der Waals surface area contributed by atoms with Gasteiger partial charge in [0.1, 0.15) is 0 Å². The number of halogens is 1. The molecule has 0 aromatic heterocycles. The molecule has 27 heavy (non-hydrogen) atoms. The first-order valence-corrected chi connectivity index (χ1v) is 11.5. The van der Waals surface area contributed by atoms with Gasteiger partial charge in [-0.1, -0.05) is 13.0 Å². The first-order chi connectivity index (χ1) is 12.5. The summed E-state index contributed by atoms with van der Waals surface area (Å²) in [7, 11) is -3.40. The number of carbonyl (C=O) groups is 1. The Morgan fingerprint density at radius 3 is 2.59 bits per heavy atom. The first kappa shape index (κ1) is 22.2.